The Kier molecular flexibility index (Phi) is 4.25. The monoisotopic (exact) mass is 290 g/mol. The molecule has 20 heavy (non-hydrogen) atoms. The highest BCUT2D eigenvalue weighted by Crippen LogP contribution is 2.41. The molecule has 0 saturated carbocycles. The molecule has 108 valence electrons. The molecular formula is C17H22O2S. The molecule has 0 N–H and O–H groups in total. The van der Waals surface area contributed by atoms with Gasteiger partial charge in [-0.1, -0.05) is 33.6 Å². The molecule has 0 bridgehead atoms. The summed E-state index contributed by atoms with van der Waals surface area (Å²) >= 11 is 1.59. The minimum absolute atomic E-state index is 0.229. The summed E-state index contributed by atoms with van der Waals surface area (Å²) in [5.74, 6) is 2.75. The topological polar surface area (TPSA) is 26.3 Å². The summed E-state index contributed by atoms with van der Waals surface area (Å²) in [7, 11) is 0. The van der Waals surface area contributed by atoms with E-state index in [1.54, 1.807) is 11.3 Å². The van der Waals surface area contributed by atoms with Crippen LogP contribution in [0.4, 0.5) is 0 Å². The number of fused-ring (bicyclic) bond motifs is 1. The largest absolute Gasteiger partial charge is 0.462 e. The van der Waals surface area contributed by atoms with E-state index in [2.05, 4.69) is 19.8 Å². The first-order chi connectivity index (χ1) is 9.34. The van der Waals surface area contributed by atoms with Crippen LogP contribution in [0.5, 0.6) is 0 Å². The number of terminal acetylenes is 1. The van der Waals surface area contributed by atoms with Crippen LogP contribution in [-0.2, 0) is 17.6 Å². The number of carbonyl (C=O) groups is 1. The van der Waals surface area contributed by atoms with Gasteiger partial charge in [0.25, 0.3) is 0 Å². The molecule has 0 radical (unpaired) electrons. The first-order valence-corrected chi connectivity index (χ1v) is 7.94. The number of aryl methyl sites for hydroxylation is 1. The molecule has 0 spiro atoms. The molecule has 3 heteroatoms. The summed E-state index contributed by atoms with van der Waals surface area (Å²) in [5, 5.41) is 0. The van der Waals surface area contributed by atoms with Gasteiger partial charge in [-0.25, -0.2) is 4.79 Å². The number of thiophene rings is 1. The fourth-order valence-corrected chi connectivity index (χ4v) is 3.67. The van der Waals surface area contributed by atoms with Crippen LogP contribution in [0.1, 0.15) is 59.8 Å². The summed E-state index contributed by atoms with van der Waals surface area (Å²) in [6.45, 7) is 8.98. The second kappa shape index (κ2) is 5.61. The number of hydrogen-bond acceptors (Lipinski definition) is 3. The zero-order valence-corrected chi connectivity index (χ0v) is 13.5. The van der Waals surface area contributed by atoms with E-state index in [9.17, 15) is 4.79 Å². The second-order valence-electron chi connectivity index (χ2n) is 6.69. The third kappa shape index (κ3) is 3.07. The summed E-state index contributed by atoms with van der Waals surface area (Å²) in [4.78, 5) is 14.4. The lowest BCUT2D eigenvalue weighted by molar-refractivity contribution is 0.0457. The average Bonchev–Trinajstić information content (AvgIpc) is 2.72. The van der Waals surface area contributed by atoms with Crippen LogP contribution in [0.25, 0.3) is 0 Å². The lowest BCUT2D eigenvalue weighted by Crippen LogP contribution is -2.23. The lowest BCUT2D eigenvalue weighted by atomic mass is 9.76. The number of rotatable bonds is 3. The van der Waals surface area contributed by atoms with Gasteiger partial charge in [0.05, 0.1) is 17.0 Å². The molecule has 1 aromatic heterocycles. The van der Waals surface area contributed by atoms with E-state index in [1.165, 1.54) is 4.88 Å². The van der Waals surface area contributed by atoms with Gasteiger partial charge in [-0.05, 0) is 36.2 Å². The van der Waals surface area contributed by atoms with Crippen LogP contribution >= 0.6 is 11.3 Å². The molecule has 0 aliphatic heterocycles. The van der Waals surface area contributed by atoms with Gasteiger partial charge in [0.15, 0.2) is 0 Å². The van der Waals surface area contributed by atoms with Gasteiger partial charge in [-0.15, -0.1) is 17.8 Å². The summed E-state index contributed by atoms with van der Waals surface area (Å²) in [6, 6.07) is 0. The SMILES string of the molecule is C#Cc1sc2c(c1C(=O)OCC(C)C)CC(C)(C)CC2. The Balaban J connectivity index is 2.35. The van der Waals surface area contributed by atoms with E-state index in [1.807, 2.05) is 13.8 Å². The van der Waals surface area contributed by atoms with Gasteiger partial charge in [-0.2, -0.15) is 0 Å². The first-order valence-electron chi connectivity index (χ1n) is 7.12. The Morgan fingerprint density at radius 2 is 2.20 bits per heavy atom. The molecule has 0 saturated heterocycles. The van der Waals surface area contributed by atoms with Crippen molar-refractivity contribution in [3.05, 3.63) is 20.9 Å². The number of esters is 1. The third-order valence-corrected chi connectivity index (χ3v) is 4.88. The first kappa shape index (κ1) is 15.1. The van der Waals surface area contributed by atoms with Crippen LogP contribution < -0.4 is 0 Å². The van der Waals surface area contributed by atoms with Crippen LogP contribution in [0.2, 0.25) is 0 Å². The zero-order valence-electron chi connectivity index (χ0n) is 12.7. The molecule has 0 amide bonds. The van der Waals surface area contributed by atoms with E-state index < -0.39 is 0 Å². The van der Waals surface area contributed by atoms with E-state index in [4.69, 9.17) is 11.2 Å². The number of hydrogen-bond donors (Lipinski definition) is 0. The lowest BCUT2D eigenvalue weighted by Gasteiger charge is -2.29. The van der Waals surface area contributed by atoms with Gasteiger partial charge in [0.1, 0.15) is 0 Å². The summed E-state index contributed by atoms with van der Waals surface area (Å²) < 4.78 is 5.40. The quantitative estimate of drug-likeness (QED) is 0.620. The average molecular weight is 290 g/mol. The molecule has 1 aromatic rings. The van der Waals surface area contributed by atoms with Crippen molar-refractivity contribution in [2.75, 3.05) is 6.61 Å². The van der Waals surface area contributed by atoms with Crippen LogP contribution in [0.3, 0.4) is 0 Å². The normalized spacial score (nSPS) is 16.6. The van der Waals surface area contributed by atoms with E-state index in [0.29, 0.717) is 18.1 Å². The Morgan fingerprint density at radius 3 is 2.80 bits per heavy atom. The number of ether oxygens (including phenoxy) is 1. The fourth-order valence-electron chi connectivity index (χ4n) is 2.55. The summed E-state index contributed by atoms with van der Waals surface area (Å²) in [5.41, 5.74) is 2.02. The molecule has 0 atom stereocenters. The molecule has 0 aromatic carbocycles. The van der Waals surface area contributed by atoms with Crippen molar-refractivity contribution in [2.24, 2.45) is 11.3 Å². The minimum Gasteiger partial charge on any atom is -0.462 e. The van der Waals surface area contributed by atoms with Crippen molar-refractivity contribution < 1.29 is 9.53 Å². The van der Waals surface area contributed by atoms with Crippen molar-refractivity contribution in [3.8, 4) is 12.3 Å². The van der Waals surface area contributed by atoms with Crippen molar-refractivity contribution in [2.45, 2.75) is 47.0 Å². The van der Waals surface area contributed by atoms with E-state index in [0.717, 1.165) is 29.7 Å². The molecule has 2 rings (SSSR count). The molecule has 1 aliphatic rings. The smallest absolute Gasteiger partial charge is 0.340 e. The van der Waals surface area contributed by atoms with Gasteiger partial charge in [0, 0.05) is 4.88 Å². The highest BCUT2D eigenvalue weighted by Gasteiger charge is 2.32. The van der Waals surface area contributed by atoms with E-state index >= 15 is 0 Å². The van der Waals surface area contributed by atoms with Crippen LogP contribution in [-0.4, -0.2) is 12.6 Å². The van der Waals surface area contributed by atoms with Crippen molar-refractivity contribution in [1.82, 2.24) is 0 Å². The molecule has 1 heterocycles. The van der Waals surface area contributed by atoms with Crippen LogP contribution in [0.15, 0.2) is 0 Å². The maximum atomic E-state index is 12.4. The Labute approximate surface area is 125 Å². The Morgan fingerprint density at radius 1 is 1.50 bits per heavy atom. The Bertz CT molecular complexity index is 558. The van der Waals surface area contributed by atoms with Gasteiger partial charge in [-0.3, -0.25) is 0 Å². The maximum absolute atomic E-state index is 12.4. The van der Waals surface area contributed by atoms with Gasteiger partial charge >= 0.3 is 5.97 Å². The van der Waals surface area contributed by atoms with Gasteiger partial charge < -0.3 is 4.74 Å². The molecule has 1 aliphatic carbocycles. The second-order valence-corrected chi connectivity index (χ2v) is 7.79. The predicted molar refractivity (Wildman–Crippen MR) is 83.2 cm³/mol. The number of carbonyl (C=O) groups excluding carboxylic acids is 1. The minimum atomic E-state index is -0.248. The maximum Gasteiger partial charge on any atom is 0.340 e. The van der Waals surface area contributed by atoms with Crippen molar-refractivity contribution in [3.63, 3.8) is 0 Å². The summed E-state index contributed by atoms with van der Waals surface area (Å²) in [6.07, 6.45) is 8.64. The van der Waals surface area contributed by atoms with E-state index in [-0.39, 0.29) is 11.4 Å². The third-order valence-electron chi connectivity index (χ3n) is 3.66. The Hall–Kier alpha value is -1.27. The van der Waals surface area contributed by atoms with Crippen molar-refractivity contribution in [1.29, 1.82) is 0 Å². The molecule has 0 unspecified atom stereocenters. The molecule has 0 fully saturated rings. The van der Waals surface area contributed by atoms with Gasteiger partial charge in [0.2, 0.25) is 0 Å². The van der Waals surface area contributed by atoms with Crippen molar-refractivity contribution >= 4 is 17.3 Å². The standard InChI is InChI=1S/C17H22O2S/c1-6-13-15(16(18)19-10-11(2)3)12-9-17(4,5)8-7-14(12)20-13/h1,11H,7-10H2,2-5H3. The fraction of sp³-hybridized carbons (Fsp3) is 0.588. The highest BCUT2D eigenvalue weighted by atomic mass is 32.1. The molecule has 2 nitrogen and oxygen atoms in total. The van der Waals surface area contributed by atoms with Crippen LogP contribution in [0, 0.1) is 23.7 Å². The predicted octanol–water partition coefficient (Wildman–Crippen LogP) is 4.06. The zero-order chi connectivity index (χ0) is 14.9. The molecular weight excluding hydrogens is 268 g/mol. The highest BCUT2D eigenvalue weighted by molar-refractivity contribution is 7.13.